The van der Waals surface area contributed by atoms with Gasteiger partial charge in [-0.2, -0.15) is 0 Å². The quantitative estimate of drug-likeness (QED) is 0.356. The Morgan fingerprint density at radius 3 is 2.22 bits per heavy atom. The van der Waals surface area contributed by atoms with Crippen molar-refractivity contribution in [1.29, 1.82) is 0 Å². The molecule has 1 aromatic heterocycles. The van der Waals surface area contributed by atoms with Crippen molar-refractivity contribution in [3.8, 4) is 11.4 Å². The number of amides is 1. The van der Waals surface area contributed by atoms with E-state index in [2.05, 4.69) is 32.1 Å². The van der Waals surface area contributed by atoms with Crippen LogP contribution in [0, 0.1) is 5.92 Å². The summed E-state index contributed by atoms with van der Waals surface area (Å²) in [4.78, 5) is 20.9. The van der Waals surface area contributed by atoms with Crippen LogP contribution >= 0.6 is 0 Å². The number of aromatic amines is 1. The number of carbonyl (C=O) groups excluding carboxylic acids is 1. The molecule has 0 atom stereocenters. The summed E-state index contributed by atoms with van der Waals surface area (Å²) >= 11 is 0. The molecule has 4 aromatic rings. The zero-order valence-corrected chi connectivity index (χ0v) is 21.3. The van der Waals surface area contributed by atoms with Gasteiger partial charge >= 0.3 is 0 Å². The van der Waals surface area contributed by atoms with E-state index in [0.29, 0.717) is 37.0 Å². The van der Waals surface area contributed by atoms with E-state index < -0.39 is 10.0 Å². The van der Waals surface area contributed by atoms with Gasteiger partial charge in [-0.25, -0.2) is 18.1 Å². The molecule has 1 saturated carbocycles. The Morgan fingerprint density at radius 2 is 1.51 bits per heavy atom. The van der Waals surface area contributed by atoms with Crippen LogP contribution in [-0.2, 0) is 27.7 Å². The standard InChI is InChI=1S/C29H30N4O3S/c34-29(30-24-16-21-8-4-5-9-22(21)17-24)20-10-12-23(13-11-20)33-37(35,36)25-14-15-26-27(18-25)32-28(31-26)19-6-2-1-3-7-19/h1-9,14-15,18,20,23-24,33H,10-13,16-17H2,(H,30,34)(H,31,32)/t20-,23-. The molecule has 0 radical (unpaired) electrons. The number of H-pyrrole nitrogens is 1. The molecule has 1 heterocycles. The Balaban J connectivity index is 1.06. The molecule has 3 N–H and O–H groups in total. The van der Waals surface area contributed by atoms with E-state index in [1.165, 1.54) is 11.1 Å². The lowest BCUT2D eigenvalue weighted by atomic mass is 9.85. The second-order valence-electron chi connectivity index (χ2n) is 10.2. The minimum atomic E-state index is -3.70. The third kappa shape index (κ3) is 5.04. The zero-order valence-electron chi connectivity index (χ0n) is 20.5. The van der Waals surface area contributed by atoms with Gasteiger partial charge in [0, 0.05) is 23.6 Å². The first-order valence-electron chi connectivity index (χ1n) is 12.9. The van der Waals surface area contributed by atoms with Crippen LogP contribution in [0.1, 0.15) is 36.8 Å². The maximum atomic E-state index is 13.1. The number of nitrogens with one attached hydrogen (secondary N) is 3. The number of hydrogen-bond acceptors (Lipinski definition) is 4. The SMILES string of the molecule is O=C(NC1Cc2ccccc2C1)[C@H]1CC[C@H](NS(=O)(=O)c2ccc3[nH]c(-c4ccccc4)nc3c2)CC1. The lowest BCUT2D eigenvalue weighted by Gasteiger charge is -2.29. The predicted molar refractivity (Wildman–Crippen MR) is 143 cm³/mol. The van der Waals surface area contributed by atoms with Gasteiger partial charge < -0.3 is 10.3 Å². The number of rotatable bonds is 6. The number of aromatic nitrogens is 2. The number of imidazole rings is 1. The van der Waals surface area contributed by atoms with Gasteiger partial charge in [0.15, 0.2) is 0 Å². The van der Waals surface area contributed by atoms with Crippen LogP contribution in [0.25, 0.3) is 22.4 Å². The molecule has 1 fully saturated rings. The van der Waals surface area contributed by atoms with E-state index in [9.17, 15) is 13.2 Å². The summed E-state index contributed by atoms with van der Waals surface area (Å²) in [6, 6.07) is 23.0. The van der Waals surface area contributed by atoms with Crippen molar-refractivity contribution in [2.75, 3.05) is 0 Å². The fourth-order valence-electron chi connectivity index (χ4n) is 5.63. The Kier molecular flexibility index (Phi) is 6.30. The molecule has 0 spiro atoms. The summed E-state index contributed by atoms with van der Waals surface area (Å²) in [5, 5.41) is 3.23. The van der Waals surface area contributed by atoms with Gasteiger partial charge in [0.05, 0.1) is 15.9 Å². The Bertz CT molecular complexity index is 1510. The summed E-state index contributed by atoms with van der Waals surface area (Å²) in [6.45, 7) is 0. The monoisotopic (exact) mass is 514 g/mol. The van der Waals surface area contributed by atoms with Crippen molar-refractivity contribution in [3.63, 3.8) is 0 Å². The highest BCUT2D eigenvalue weighted by atomic mass is 32.2. The average Bonchev–Trinajstić information content (AvgIpc) is 3.52. The van der Waals surface area contributed by atoms with Crippen molar-refractivity contribution in [1.82, 2.24) is 20.0 Å². The third-order valence-corrected chi connectivity index (χ3v) is 9.15. The average molecular weight is 515 g/mol. The number of fused-ring (bicyclic) bond motifs is 2. The van der Waals surface area contributed by atoms with Gasteiger partial charge in [-0.3, -0.25) is 4.79 Å². The summed E-state index contributed by atoms with van der Waals surface area (Å²) in [7, 11) is -3.70. The molecule has 6 rings (SSSR count). The first-order valence-corrected chi connectivity index (χ1v) is 14.4. The summed E-state index contributed by atoms with van der Waals surface area (Å²) in [5.74, 6) is 0.731. The number of carbonyl (C=O) groups is 1. The van der Waals surface area contributed by atoms with E-state index in [-0.39, 0.29) is 28.8 Å². The second kappa shape index (κ2) is 9.76. The van der Waals surface area contributed by atoms with Crippen LogP contribution in [0.4, 0.5) is 0 Å². The van der Waals surface area contributed by atoms with Crippen molar-refractivity contribution in [3.05, 3.63) is 83.9 Å². The van der Waals surface area contributed by atoms with E-state index >= 15 is 0 Å². The number of benzene rings is 3. The second-order valence-corrected chi connectivity index (χ2v) is 11.9. The third-order valence-electron chi connectivity index (χ3n) is 7.63. The molecule has 8 heteroatoms. The van der Waals surface area contributed by atoms with Gasteiger partial charge in [-0.15, -0.1) is 0 Å². The highest BCUT2D eigenvalue weighted by molar-refractivity contribution is 7.89. The van der Waals surface area contributed by atoms with Gasteiger partial charge in [-0.1, -0.05) is 54.6 Å². The van der Waals surface area contributed by atoms with Crippen LogP contribution in [0.3, 0.4) is 0 Å². The van der Waals surface area contributed by atoms with Crippen molar-refractivity contribution in [2.45, 2.75) is 55.5 Å². The molecule has 2 aliphatic carbocycles. The molecule has 0 saturated heterocycles. The number of sulfonamides is 1. The fraction of sp³-hybridized carbons (Fsp3) is 0.310. The van der Waals surface area contributed by atoms with Crippen LogP contribution in [0.5, 0.6) is 0 Å². The van der Waals surface area contributed by atoms with Gasteiger partial charge in [-0.05, 0) is 67.9 Å². The topological polar surface area (TPSA) is 104 Å². The minimum Gasteiger partial charge on any atom is -0.352 e. The van der Waals surface area contributed by atoms with Crippen LogP contribution < -0.4 is 10.0 Å². The molecule has 0 bridgehead atoms. The first-order chi connectivity index (χ1) is 17.9. The molecule has 2 aliphatic rings. The highest BCUT2D eigenvalue weighted by Crippen LogP contribution is 2.28. The molecular weight excluding hydrogens is 484 g/mol. The summed E-state index contributed by atoms with van der Waals surface area (Å²) in [6.07, 6.45) is 4.40. The molecule has 0 aliphatic heterocycles. The fourth-order valence-corrected chi connectivity index (χ4v) is 6.95. The number of hydrogen-bond donors (Lipinski definition) is 3. The smallest absolute Gasteiger partial charge is 0.240 e. The lowest BCUT2D eigenvalue weighted by Crippen LogP contribution is -2.43. The van der Waals surface area contributed by atoms with Gasteiger partial charge in [0.1, 0.15) is 5.82 Å². The molecule has 1 amide bonds. The molecule has 0 unspecified atom stereocenters. The normalized spacial score (nSPS) is 20.1. The van der Waals surface area contributed by atoms with Crippen LogP contribution in [0.15, 0.2) is 77.7 Å². The number of nitrogens with zero attached hydrogens (tertiary/aromatic N) is 1. The van der Waals surface area contributed by atoms with E-state index in [4.69, 9.17) is 0 Å². The maximum Gasteiger partial charge on any atom is 0.240 e. The molecular formula is C29H30N4O3S. The Labute approximate surface area is 216 Å². The lowest BCUT2D eigenvalue weighted by molar-refractivity contribution is -0.126. The van der Waals surface area contributed by atoms with Crippen molar-refractivity contribution >= 4 is 27.0 Å². The van der Waals surface area contributed by atoms with E-state index in [1.54, 1.807) is 18.2 Å². The Morgan fingerprint density at radius 1 is 0.838 bits per heavy atom. The summed E-state index contributed by atoms with van der Waals surface area (Å²) in [5.41, 5.74) is 4.97. The van der Waals surface area contributed by atoms with Crippen LogP contribution in [0.2, 0.25) is 0 Å². The van der Waals surface area contributed by atoms with Crippen molar-refractivity contribution in [2.24, 2.45) is 5.92 Å². The van der Waals surface area contributed by atoms with Gasteiger partial charge in [0.2, 0.25) is 15.9 Å². The molecule has 190 valence electrons. The largest absolute Gasteiger partial charge is 0.352 e. The highest BCUT2D eigenvalue weighted by Gasteiger charge is 2.31. The van der Waals surface area contributed by atoms with Gasteiger partial charge in [0.25, 0.3) is 0 Å². The zero-order chi connectivity index (χ0) is 25.4. The van der Waals surface area contributed by atoms with Crippen LogP contribution in [-0.4, -0.2) is 36.4 Å². The minimum absolute atomic E-state index is 0.0683. The molecule has 7 nitrogen and oxygen atoms in total. The first kappa shape index (κ1) is 23.9. The molecule has 3 aromatic carbocycles. The summed E-state index contributed by atoms with van der Waals surface area (Å²) < 4.78 is 29.2. The van der Waals surface area contributed by atoms with Crippen molar-refractivity contribution < 1.29 is 13.2 Å². The van der Waals surface area contributed by atoms with E-state index in [0.717, 1.165) is 23.9 Å². The van der Waals surface area contributed by atoms with E-state index in [1.807, 2.05) is 42.5 Å². The predicted octanol–water partition coefficient (Wildman–Crippen LogP) is 4.35. The maximum absolute atomic E-state index is 13.1. The Hall–Kier alpha value is -3.49. The molecule has 37 heavy (non-hydrogen) atoms.